The SMILES string of the molecule is C[C@@H](O)c1cnn(C)c1N. The minimum atomic E-state index is -0.534. The number of aliphatic hydroxyl groups excluding tert-OH is 1. The fraction of sp³-hybridized carbons (Fsp3) is 0.500. The zero-order valence-electron chi connectivity index (χ0n) is 6.07. The molecule has 0 spiro atoms. The number of nitrogens with zero attached hydrogens (tertiary/aromatic N) is 2. The molecule has 0 fully saturated rings. The predicted molar refractivity (Wildman–Crippen MR) is 38.3 cm³/mol. The van der Waals surface area contributed by atoms with Crippen LogP contribution in [0.1, 0.15) is 18.6 Å². The van der Waals surface area contributed by atoms with E-state index in [4.69, 9.17) is 10.8 Å². The van der Waals surface area contributed by atoms with E-state index in [1.54, 1.807) is 20.2 Å². The molecule has 0 saturated carbocycles. The number of aryl methyl sites for hydroxylation is 1. The second-order valence-corrected chi connectivity index (χ2v) is 2.28. The molecule has 1 aromatic rings. The number of aromatic nitrogens is 2. The predicted octanol–water partition coefficient (Wildman–Crippen LogP) is 0.0556. The minimum absolute atomic E-state index is 0.523. The Kier molecular flexibility index (Phi) is 1.63. The van der Waals surface area contributed by atoms with Crippen LogP contribution in [0.3, 0.4) is 0 Å². The monoisotopic (exact) mass is 141 g/mol. The van der Waals surface area contributed by atoms with Crippen LogP contribution in [0, 0.1) is 0 Å². The normalized spacial score (nSPS) is 13.5. The molecule has 0 bridgehead atoms. The third-order valence-corrected chi connectivity index (χ3v) is 1.46. The molecule has 0 aromatic carbocycles. The first-order valence-electron chi connectivity index (χ1n) is 3.08. The number of nitrogen functional groups attached to an aromatic ring is 1. The Balaban J connectivity index is 3.05. The molecule has 0 unspecified atom stereocenters. The van der Waals surface area contributed by atoms with Gasteiger partial charge in [0.15, 0.2) is 0 Å². The first kappa shape index (κ1) is 7.08. The summed E-state index contributed by atoms with van der Waals surface area (Å²) in [5, 5.41) is 13.0. The molecular formula is C6H11N3O. The number of hydrogen-bond acceptors (Lipinski definition) is 3. The Hall–Kier alpha value is -1.03. The van der Waals surface area contributed by atoms with Crippen molar-refractivity contribution in [1.29, 1.82) is 0 Å². The third kappa shape index (κ3) is 0.974. The Bertz CT molecular complexity index is 229. The number of nitrogens with two attached hydrogens (primary N) is 1. The lowest BCUT2D eigenvalue weighted by molar-refractivity contribution is 0.200. The van der Waals surface area contributed by atoms with Crippen LogP contribution in [0.25, 0.3) is 0 Å². The first-order chi connectivity index (χ1) is 4.63. The van der Waals surface area contributed by atoms with Gasteiger partial charge in [0.05, 0.1) is 12.3 Å². The zero-order valence-corrected chi connectivity index (χ0v) is 6.07. The quantitative estimate of drug-likeness (QED) is 0.581. The van der Waals surface area contributed by atoms with Gasteiger partial charge < -0.3 is 10.8 Å². The van der Waals surface area contributed by atoms with Crippen LogP contribution >= 0.6 is 0 Å². The van der Waals surface area contributed by atoms with Crippen molar-refractivity contribution in [3.8, 4) is 0 Å². The molecule has 0 saturated heterocycles. The zero-order chi connectivity index (χ0) is 7.72. The molecule has 0 radical (unpaired) electrons. The molecule has 1 heterocycles. The summed E-state index contributed by atoms with van der Waals surface area (Å²) in [5.41, 5.74) is 6.23. The number of aliphatic hydroxyl groups is 1. The highest BCUT2D eigenvalue weighted by Gasteiger charge is 2.08. The summed E-state index contributed by atoms with van der Waals surface area (Å²) in [7, 11) is 1.74. The fourth-order valence-corrected chi connectivity index (χ4v) is 0.786. The van der Waals surface area contributed by atoms with Gasteiger partial charge in [0, 0.05) is 12.6 Å². The topological polar surface area (TPSA) is 64.1 Å². The number of rotatable bonds is 1. The lowest BCUT2D eigenvalue weighted by Crippen LogP contribution is -2.01. The van der Waals surface area contributed by atoms with E-state index in [0.717, 1.165) is 0 Å². The highest BCUT2D eigenvalue weighted by Crippen LogP contribution is 2.17. The minimum Gasteiger partial charge on any atom is -0.389 e. The molecule has 4 heteroatoms. The molecule has 0 aliphatic heterocycles. The molecule has 10 heavy (non-hydrogen) atoms. The van der Waals surface area contributed by atoms with Crippen molar-refractivity contribution in [1.82, 2.24) is 9.78 Å². The van der Waals surface area contributed by atoms with Crippen LogP contribution in [0.4, 0.5) is 5.82 Å². The molecule has 1 rings (SSSR count). The molecule has 0 aliphatic carbocycles. The van der Waals surface area contributed by atoms with Crippen LogP contribution < -0.4 is 5.73 Å². The second kappa shape index (κ2) is 2.30. The first-order valence-corrected chi connectivity index (χ1v) is 3.08. The van der Waals surface area contributed by atoms with Gasteiger partial charge in [0.25, 0.3) is 0 Å². The van der Waals surface area contributed by atoms with E-state index in [1.807, 2.05) is 0 Å². The highest BCUT2D eigenvalue weighted by molar-refractivity contribution is 5.39. The molecule has 3 N–H and O–H groups in total. The summed E-state index contributed by atoms with van der Waals surface area (Å²) < 4.78 is 1.53. The molecule has 1 atom stereocenters. The molecular weight excluding hydrogens is 130 g/mol. The Morgan fingerprint density at radius 2 is 2.40 bits per heavy atom. The van der Waals surface area contributed by atoms with Gasteiger partial charge in [-0.15, -0.1) is 0 Å². The molecule has 0 aliphatic rings. The smallest absolute Gasteiger partial charge is 0.127 e. The van der Waals surface area contributed by atoms with Gasteiger partial charge in [-0.05, 0) is 6.92 Å². The van der Waals surface area contributed by atoms with Gasteiger partial charge in [0.2, 0.25) is 0 Å². The van der Waals surface area contributed by atoms with Crippen LogP contribution in [0.15, 0.2) is 6.20 Å². The van der Waals surface area contributed by atoms with E-state index in [2.05, 4.69) is 5.10 Å². The van der Waals surface area contributed by atoms with Crippen molar-refractivity contribution in [3.05, 3.63) is 11.8 Å². The maximum absolute atomic E-state index is 9.08. The third-order valence-electron chi connectivity index (χ3n) is 1.46. The van der Waals surface area contributed by atoms with Crippen LogP contribution in [-0.2, 0) is 7.05 Å². The highest BCUT2D eigenvalue weighted by atomic mass is 16.3. The van der Waals surface area contributed by atoms with Crippen LogP contribution in [0.2, 0.25) is 0 Å². The molecule has 56 valence electrons. The second-order valence-electron chi connectivity index (χ2n) is 2.28. The van der Waals surface area contributed by atoms with Crippen molar-refractivity contribution in [2.45, 2.75) is 13.0 Å². The van der Waals surface area contributed by atoms with E-state index in [1.165, 1.54) is 4.68 Å². The summed E-state index contributed by atoms with van der Waals surface area (Å²) in [6.07, 6.45) is 1.04. The van der Waals surface area contributed by atoms with Gasteiger partial charge in [-0.2, -0.15) is 5.10 Å². The van der Waals surface area contributed by atoms with E-state index >= 15 is 0 Å². The van der Waals surface area contributed by atoms with E-state index < -0.39 is 6.10 Å². The summed E-state index contributed by atoms with van der Waals surface area (Å²) in [5.74, 6) is 0.523. The standard InChI is InChI=1S/C6H11N3O/c1-4(10)5-3-8-9(2)6(5)7/h3-4,10H,7H2,1-2H3/t4-/m1/s1. The molecule has 1 aromatic heterocycles. The Morgan fingerprint density at radius 1 is 1.80 bits per heavy atom. The summed E-state index contributed by atoms with van der Waals surface area (Å²) in [6, 6.07) is 0. The Morgan fingerprint density at radius 3 is 2.60 bits per heavy atom. The van der Waals surface area contributed by atoms with E-state index in [-0.39, 0.29) is 0 Å². The van der Waals surface area contributed by atoms with Crippen LogP contribution in [0.5, 0.6) is 0 Å². The average molecular weight is 141 g/mol. The summed E-state index contributed by atoms with van der Waals surface area (Å²) in [4.78, 5) is 0. The van der Waals surface area contributed by atoms with Gasteiger partial charge in [0.1, 0.15) is 5.82 Å². The lowest BCUT2D eigenvalue weighted by atomic mass is 10.2. The average Bonchev–Trinajstić information content (AvgIpc) is 2.14. The largest absolute Gasteiger partial charge is 0.389 e. The van der Waals surface area contributed by atoms with Crippen molar-refractivity contribution < 1.29 is 5.11 Å². The van der Waals surface area contributed by atoms with Crippen molar-refractivity contribution in [3.63, 3.8) is 0 Å². The lowest BCUT2D eigenvalue weighted by Gasteiger charge is -2.01. The van der Waals surface area contributed by atoms with Crippen molar-refractivity contribution in [2.75, 3.05) is 5.73 Å². The summed E-state index contributed by atoms with van der Waals surface area (Å²) in [6.45, 7) is 1.66. The maximum atomic E-state index is 9.08. The van der Waals surface area contributed by atoms with Gasteiger partial charge in [-0.1, -0.05) is 0 Å². The van der Waals surface area contributed by atoms with Gasteiger partial charge >= 0.3 is 0 Å². The van der Waals surface area contributed by atoms with E-state index in [0.29, 0.717) is 11.4 Å². The number of anilines is 1. The summed E-state index contributed by atoms with van der Waals surface area (Å²) >= 11 is 0. The van der Waals surface area contributed by atoms with Crippen LogP contribution in [-0.4, -0.2) is 14.9 Å². The van der Waals surface area contributed by atoms with Crippen molar-refractivity contribution >= 4 is 5.82 Å². The van der Waals surface area contributed by atoms with E-state index in [9.17, 15) is 0 Å². The van der Waals surface area contributed by atoms with Gasteiger partial charge in [-0.3, -0.25) is 4.68 Å². The molecule has 0 amide bonds. The van der Waals surface area contributed by atoms with Crippen molar-refractivity contribution in [2.24, 2.45) is 7.05 Å². The maximum Gasteiger partial charge on any atom is 0.127 e. The number of hydrogen-bond donors (Lipinski definition) is 2. The van der Waals surface area contributed by atoms with Gasteiger partial charge in [-0.25, -0.2) is 0 Å². The molecule has 4 nitrogen and oxygen atoms in total. The Labute approximate surface area is 59.3 Å². The fourth-order valence-electron chi connectivity index (χ4n) is 0.786.